The number of carbonyl (C=O) groups is 3. The number of likely N-dealkylation sites (N-methyl/N-ethyl adjacent to an activating group) is 3. The Kier molecular flexibility index (Phi) is 28.5. The first kappa shape index (κ1) is 81.3. The van der Waals surface area contributed by atoms with E-state index in [2.05, 4.69) is 163 Å². The van der Waals surface area contributed by atoms with E-state index in [1.165, 1.54) is 39.5 Å². The second-order valence-electron chi connectivity index (χ2n) is 27.9. The number of hydrogen-bond acceptors (Lipinski definition) is 20. The summed E-state index contributed by atoms with van der Waals surface area (Å²) in [6.07, 6.45) is 5.11. The lowest BCUT2D eigenvalue weighted by molar-refractivity contribution is 0.204. The summed E-state index contributed by atoms with van der Waals surface area (Å²) in [5, 5.41) is 16.1. The van der Waals surface area contributed by atoms with Gasteiger partial charge in [-0.1, -0.05) is 79.2 Å². The maximum absolute atomic E-state index is 14.0. The summed E-state index contributed by atoms with van der Waals surface area (Å²) in [5.41, 5.74) is 14.1. The van der Waals surface area contributed by atoms with E-state index in [4.69, 9.17) is 30.8 Å². The first-order valence-electron chi connectivity index (χ1n) is 37.7. The third-order valence-corrected chi connectivity index (χ3v) is 20.4. The molecule has 0 spiro atoms. The second-order valence-corrected chi connectivity index (χ2v) is 28.3. The van der Waals surface area contributed by atoms with Gasteiger partial charge in [-0.15, -0.1) is 0 Å². The Labute approximate surface area is 662 Å². The number of piperazine rings is 3. The number of urea groups is 3. The minimum atomic E-state index is -0.364. The van der Waals surface area contributed by atoms with Crippen LogP contribution in [0.5, 0.6) is 11.5 Å². The number of nitrogens with one attached hydrogen (secondary N) is 5. The van der Waals surface area contributed by atoms with Crippen LogP contribution < -0.4 is 65.5 Å². The zero-order chi connectivity index (χ0) is 79.2. The Bertz CT molecular complexity index is 4710. The van der Waals surface area contributed by atoms with Gasteiger partial charge in [-0.05, 0) is 174 Å². The molecule has 0 unspecified atom stereocenters. The standard InChI is InChI=1S/C33H38N6O3.C28H37N7O2.C24H28ClN7O/c1-23-7-6-8-24(2)32(23)36-33(40)39(28-14-13-27(41-4)22-29(28)42-5)31-15-16-34-30(35-31)21-25-9-11-26(12-10-25)38-19-17-37(3)18-20-38;1-5-33-13-15-34(16-14-33)24-11-9-23(10-12-24)31-25-19-26(30-20-29-25)35(17-18-37-4)28(36)32-27-21(2)7-6-8-22(27)3;1-17-5-4-6-20(25)23(17)29-24(33)31(3)22-15-21(26-16-27-22)28-18-7-9-19(10-8-18)32-13-11-30(2)12-14-32/h6-16,22H,17-21H2,1-5H3,(H,36,40);6-12,19-20H,5,13-18H2,1-4H3,(H,32,36)(H,29,30,31);4-10,15-16H,11-14H2,1-3H3,(H,29,33)(H,26,27,28). The summed E-state index contributed by atoms with van der Waals surface area (Å²) in [6, 6.07) is 52.2. The van der Waals surface area contributed by atoms with Crippen LogP contribution in [0.3, 0.4) is 0 Å². The van der Waals surface area contributed by atoms with Crippen molar-refractivity contribution in [2.24, 2.45) is 0 Å². The summed E-state index contributed by atoms with van der Waals surface area (Å²) >= 11 is 6.23. The highest BCUT2D eigenvalue weighted by Gasteiger charge is 2.27. The van der Waals surface area contributed by atoms with E-state index >= 15 is 0 Å². The number of aromatic nitrogens is 6. The number of para-hydroxylation sites is 3. The maximum atomic E-state index is 14.0. The molecular weight excluding hydrogens is 1430 g/mol. The lowest BCUT2D eigenvalue weighted by Crippen LogP contribution is -2.46. The van der Waals surface area contributed by atoms with Crippen LogP contribution >= 0.6 is 11.6 Å². The van der Waals surface area contributed by atoms with Gasteiger partial charge in [-0.3, -0.25) is 9.80 Å². The number of amides is 6. The van der Waals surface area contributed by atoms with Gasteiger partial charge in [0.15, 0.2) is 0 Å². The van der Waals surface area contributed by atoms with Crippen LogP contribution in [0.2, 0.25) is 5.02 Å². The fourth-order valence-corrected chi connectivity index (χ4v) is 13.5. The molecule has 112 heavy (non-hydrogen) atoms. The van der Waals surface area contributed by atoms with Gasteiger partial charge < -0.3 is 70.2 Å². The smallest absolute Gasteiger partial charge is 0.332 e. The predicted molar refractivity (Wildman–Crippen MR) is 453 cm³/mol. The van der Waals surface area contributed by atoms with Gasteiger partial charge in [0, 0.05) is 163 Å². The number of carbonyl (C=O) groups excluding carboxylic acids is 3. The van der Waals surface area contributed by atoms with E-state index in [-0.39, 0.29) is 18.1 Å². The number of halogens is 1. The lowest BCUT2D eigenvalue weighted by Gasteiger charge is -2.35. The van der Waals surface area contributed by atoms with Crippen LogP contribution in [-0.2, 0) is 11.2 Å². The normalized spacial score (nSPS) is 13.8. The second kappa shape index (κ2) is 39.3. The fraction of sp³-hybridized carbons (Fsp3) is 0.329. The van der Waals surface area contributed by atoms with Crippen molar-refractivity contribution >= 4 is 110 Å². The number of hydrogen-bond donors (Lipinski definition) is 5. The molecule has 27 heteroatoms. The molecule has 3 aliphatic heterocycles. The first-order valence-corrected chi connectivity index (χ1v) is 38.1. The summed E-state index contributed by atoms with van der Waals surface area (Å²) in [7, 11) is 10.7. The Morgan fingerprint density at radius 1 is 0.491 bits per heavy atom. The fourth-order valence-electron chi connectivity index (χ4n) is 13.3. The molecule has 0 radical (unpaired) electrons. The van der Waals surface area contributed by atoms with Crippen LogP contribution in [0.4, 0.5) is 94.7 Å². The summed E-state index contributed by atoms with van der Waals surface area (Å²) in [5.74, 6) is 4.29. The van der Waals surface area contributed by atoms with Crippen LogP contribution in [0, 0.1) is 34.6 Å². The van der Waals surface area contributed by atoms with E-state index in [0.29, 0.717) is 82.4 Å². The average molecular weight is 1540 g/mol. The maximum Gasteiger partial charge on any atom is 0.332 e. The lowest BCUT2D eigenvalue weighted by atomic mass is 10.1. The molecule has 10 aromatic rings. The number of anilines is 14. The van der Waals surface area contributed by atoms with Crippen LogP contribution in [0.15, 0.2) is 183 Å². The summed E-state index contributed by atoms with van der Waals surface area (Å²) < 4.78 is 16.3. The number of aryl methyl sites for hydroxylation is 5. The minimum Gasteiger partial charge on any atom is -0.497 e. The number of nitrogens with zero attached hydrogens (tertiary/aromatic N) is 15. The Morgan fingerprint density at radius 2 is 0.964 bits per heavy atom. The highest BCUT2D eigenvalue weighted by atomic mass is 35.5. The topological polar surface area (TPSA) is 246 Å². The third-order valence-electron chi connectivity index (χ3n) is 20.1. The monoisotopic (exact) mass is 1530 g/mol. The number of methoxy groups -OCH3 is 3. The van der Waals surface area contributed by atoms with Crippen molar-refractivity contribution in [2.75, 3.05) is 197 Å². The predicted octanol–water partition coefficient (Wildman–Crippen LogP) is 15.1. The molecule has 0 bridgehead atoms. The summed E-state index contributed by atoms with van der Waals surface area (Å²) in [6.45, 7) is 26.5. The molecule has 5 N–H and O–H groups in total. The molecule has 3 saturated heterocycles. The zero-order valence-electron chi connectivity index (χ0n) is 66.2. The van der Waals surface area contributed by atoms with Crippen LogP contribution in [0.25, 0.3) is 0 Å². The van der Waals surface area contributed by atoms with E-state index in [1.54, 1.807) is 81.9 Å². The molecule has 13 rings (SSSR count). The van der Waals surface area contributed by atoms with Gasteiger partial charge >= 0.3 is 18.1 Å². The molecule has 3 aromatic heterocycles. The number of rotatable bonds is 22. The molecule has 586 valence electrons. The van der Waals surface area contributed by atoms with Crippen molar-refractivity contribution < 1.29 is 28.6 Å². The average Bonchev–Trinajstić information content (AvgIpc) is 0.790. The molecule has 7 aromatic carbocycles. The molecule has 26 nitrogen and oxygen atoms in total. The molecule has 0 saturated carbocycles. The molecule has 6 amide bonds. The van der Waals surface area contributed by atoms with Gasteiger partial charge in [-0.2, -0.15) is 0 Å². The van der Waals surface area contributed by atoms with Gasteiger partial charge in [-0.25, -0.2) is 49.2 Å². The van der Waals surface area contributed by atoms with Crippen molar-refractivity contribution in [3.63, 3.8) is 0 Å². The molecular formula is C85H103ClN20O6. The van der Waals surface area contributed by atoms with Crippen molar-refractivity contribution in [2.45, 2.75) is 48.0 Å². The van der Waals surface area contributed by atoms with Crippen LogP contribution in [0.1, 0.15) is 46.1 Å². The van der Waals surface area contributed by atoms with E-state index in [1.807, 2.05) is 95.3 Å². The molecule has 0 atom stereocenters. The largest absolute Gasteiger partial charge is 0.497 e. The highest BCUT2D eigenvalue weighted by Crippen LogP contribution is 2.38. The molecule has 6 heterocycles. The van der Waals surface area contributed by atoms with Crippen molar-refractivity contribution in [1.29, 1.82) is 0 Å². The van der Waals surface area contributed by atoms with Crippen molar-refractivity contribution in [3.05, 3.63) is 227 Å². The van der Waals surface area contributed by atoms with Crippen molar-refractivity contribution in [1.82, 2.24) is 44.6 Å². The number of benzene rings is 7. The van der Waals surface area contributed by atoms with Gasteiger partial charge in [0.25, 0.3) is 0 Å². The SMILES string of the molecule is CCN1CCN(c2ccc(Nc3cc(N(CCOC)C(=O)Nc4c(C)cccc4C)ncn3)cc2)CC1.COc1ccc(N(C(=O)Nc2c(C)cccc2C)c2ccnc(Cc3ccc(N4CCN(C)CC4)cc3)n2)c(OC)c1.Cc1cccc(Cl)c1NC(=O)N(C)c1cc(Nc2ccc(N3CCN(C)CC3)cc2)ncn1. The van der Waals surface area contributed by atoms with Crippen molar-refractivity contribution in [3.8, 4) is 11.5 Å². The molecule has 3 aliphatic rings. The Balaban J connectivity index is 0.000000167. The van der Waals surface area contributed by atoms with E-state index in [9.17, 15) is 14.4 Å². The summed E-state index contributed by atoms with van der Waals surface area (Å²) in [4.78, 5) is 85.6. The van der Waals surface area contributed by atoms with E-state index in [0.717, 1.165) is 141 Å². The van der Waals surface area contributed by atoms with E-state index < -0.39 is 0 Å². The molecule has 0 aliphatic carbocycles. The molecule has 3 fully saturated rings. The Hall–Kier alpha value is -11.7. The third kappa shape index (κ3) is 21.7. The highest BCUT2D eigenvalue weighted by molar-refractivity contribution is 6.34. The quantitative estimate of drug-likeness (QED) is 0.0423. The Morgan fingerprint density at radius 3 is 1.46 bits per heavy atom. The van der Waals surface area contributed by atoms with Crippen LogP contribution in [-0.4, -0.2) is 203 Å². The van der Waals surface area contributed by atoms with Gasteiger partial charge in [0.1, 0.15) is 59.1 Å². The minimum absolute atomic E-state index is 0.272. The first-order chi connectivity index (χ1) is 54.2. The number of ether oxygens (including phenoxy) is 3. The van der Waals surface area contributed by atoms with Gasteiger partial charge in [0.05, 0.1) is 43.8 Å². The van der Waals surface area contributed by atoms with Gasteiger partial charge in [0.2, 0.25) is 0 Å². The zero-order valence-corrected chi connectivity index (χ0v) is 66.9.